The van der Waals surface area contributed by atoms with Gasteiger partial charge in [0.05, 0.1) is 26.3 Å². The van der Waals surface area contributed by atoms with Crippen LogP contribution in [0, 0.1) is 0 Å². The number of nitrogens with one attached hydrogen (secondary N) is 2. The maximum Gasteiger partial charge on any atom is 0.238 e. The zero-order chi connectivity index (χ0) is 17.6. The van der Waals surface area contributed by atoms with Crippen LogP contribution in [0.1, 0.15) is 12.8 Å². The molecular weight excluding hydrogens is 320 g/mol. The highest BCUT2D eigenvalue weighted by Crippen LogP contribution is 2.19. The molecule has 25 heavy (non-hydrogen) atoms. The molecule has 0 atom stereocenters. The van der Waals surface area contributed by atoms with Crippen LogP contribution in [0.3, 0.4) is 0 Å². The van der Waals surface area contributed by atoms with Crippen molar-refractivity contribution >= 4 is 23.2 Å². The largest absolute Gasteiger partial charge is 0.378 e. The number of rotatable bonds is 7. The van der Waals surface area contributed by atoms with Crippen LogP contribution >= 0.6 is 0 Å². The van der Waals surface area contributed by atoms with Crippen LogP contribution in [-0.2, 0) is 14.3 Å². The predicted octanol–water partition coefficient (Wildman–Crippen LogP) is 0.672. The van der Waals surface area contributed by atoms with Gasteiger partial charge >= 0.3 is 0 Å². The molecule has 0 radical (unpaired) electrons. The van der Waals surface area contributed by atoms with Crippen molar-refractivity contribution in [2.45, 2.75) is 18.9 Å². The van der Waals surface area contributed by atoms with E-state index in [0.717, 1.165) is 50.5 Å². The summed E-state index contributed by atoms with van der Waals surface area (Å²) >= 11 is 0. The lowest BCUT2D eigenvalue weighted by atomic mass is 10.2. The van der Waals surface area contributed by atoms with Gasteiger partial charge < -0.3 is 20.3 Å². The number of amides is 2. The van der Waals surface area contributed by atoms with Crippen molar-refractivity contribution < 1.29 is 14.3 Å². The number of carbonyl (C=O) groups is 2. The third-order valence-electron chi connectivity index (χ3n) is 4.30. The third kappa shape index (κ3) is 5.72. The zero-order valence-corrected chi connectivity index (χ0v) is 14.7. The number of morpholine rings is 1. The summed E-state index contributed by atoms with van der Waals surface area (Å²) in [5, 5.41) is 5.79. The minimum Gasteiger partial charge on any atom is -0.378 e. The standard InChI is InChI=1S/C18H26N4O3/c1-21(12-17(23)19-14-2-3-14)13-18(24)20-15-4-6-16(7-5-15)22-8-10-25-11-9-22/h4-7,14H,2-3,8-13H2,1H3,(H,19,23)(H,20,24). The van der Waals surface area contributed by atoms with E-state index in [4.69, 9.17) is 4.74 Å². The van der Waals surface area contributed by atoms with Crippen molar-refractivity contribution in [3.63, 3.8) is 0 Å². The lowest BCUT2D eigenvalue weighted by molar-refractivity contribution is -0.123. The number of hydrogen-bond donors (Lipinski definition) is 2. The molecule has 1 aliphatic carbocycles. The van der Waals surface area contributed by atoms with Crippen LogP contribution in [0.5, 0.6) is 0 Å². The predicted molar refractivity (Wildman–Crippen MR) is 96.8 cm³/mol. The fourth-order valence-corrected chi connectivity index (χ4v) is 2.82. The minimum atomic E-state index is -0.124. The summed E-state index contributed by atoms with van der Waals surface area (Å²) in [5.41, 5.74) is 1.90. The highest BCUT2D eigenvalue weighted by molar-refractivity contribution is 5.92. The van der Waals surface area contributed by atoms with E-state index in [9.17, 15) is 9.59 Å². The molecule has 1 aromatic carbocycles. The molecule has 3 rings (SSSR count). The van der Waals surface area contributed by atoms with Gasteiger partial charge in [0.1, 0.15) is 0 Å². The normalized spacial score (nSPS) is 17.4. The van der Waals surface area contributed by atoms with Crippen molar-refractivity contribution in [1.82, 2.24) is 10.2 Å². The summed E-state index contributed by atoms with van der Waals surface area (Å²) in [7, 11) is 1.77. The fourth-order valence-electron chi connectivity index (χ4n) is 2.82. The van der Waals surface area contributed by atoms with Gasteiger partial charge in [-0.15, -0.1) is 0 Å². The number of carbonyl (C=O) groups excluding carboxylic acids is 2. The number of likely N-dealkylation sites (N-methyl/N-ethyl adjacent to an activating group) is 1. The summed E-state index contributed by atoms with van der Waals surface area (Å²) < 4.78 is 5.35. The zero-order valence-electron chi connectivity index (χ0n) is 14.7. The van der Waals surface area contributed by atoms with E-state index in [2.05, 4.69) is 15.5 Å². The van der Waals surface area contributed by atoms with Crippen LogP contribution in [0.25, 0.3) is 0 Å². The molecule has 7 heteroatoms. The summed E-state index contributed by atoms with van der Waals surface area (Å²) in [6.07, 6.45) is 2.13. The van der Waals surface area contributed by atoms with E-state index in [0.29, 0.717) is 6.04 Å². The third-order valence-corrected chi connectivity index (χ3v) is 4.30. The fraction of sp³-hybridized carbons (Fsp3) is 0.556. The Bertz CT molecular complexity index is 595. The molecule has 2 N–H and O–H groups in total. The van der Waals surface area contributed by atoms with Crippen LogP contribution in [0.2, 0.25) is 0 Å². The van der Waals surface area contributed by atoms with Crippen LogP contribution in [0.4, 0.5) is 11.4 Å². The van der Waals surface area contributed by atoms with E-state index in [1.165, 1.54) is 0 Å². The van der Waals surface area contributed by atoms with Crippen LogP contribution in [0.15, 0.2) is 24.3 Å². The Kier molecular flexibility index (Phi) is 5.88. The van der Waals surface area contributed by atoms with Crippen molar-refractivity contribution in [2.75, 3.05) is 56.7 Å². The van der Waals surface area contributed by atoms with Gasteiger partial charge in [-0.2, -0.15) is 0 Å². The van der Waals surface area contributed by atoms with Gasteiger partial charge in [-0.3, -0.25) is 14.5 Å². The topological polar surface area (TPSA) is 73.9 Å². The maximum absolute atomic E-state index is 12.1. The van der Waals surface area contributed by atoms with Gasteiger partial charge in [0.25, 0.3) is 0 Å². The second-order valence-corrected chi connectivity index (χ2v) is 6.71. The molecule has 2 aliphatic rings. The molecule has 1 heterocycles. The first kappa shape index (κ1) is 17.7. The Balaban J connectivity index is 1.42. The molecule has 0 spiro atoms. The van der Waals surface area contributed by atoms with Crippen molar-refractivity contribution in [1.29, 1.82) is 0 Å². The molecule has 0 aromatic heterocycles. The molecular formula is C18H26N4O3. The number of benzene rings is 1. The number of hydrogen-bond acceptors (Lipinski definition) is 5. The number of nitrogens with zero attached hydrogens (tertiary/aromatic N) is 2. The van der Waals surface area contributed by atoms with Gasteiger partial charge in [-0.25, -0.2) is 0 Å². The average Bonchev–Trinajstić information content (AvgIpc) is 3.39. The van der Waals surface area contributed by atoms with E-state index in [1.54, 1.807) is 11.9 Å². The molecule has 2 fully saturated rings. The molecule has 1 saturated heterocycles. The Morgan fingerprint density at radius 2 is 1.76 bits per heavy atom. The molecule has 0 bridgehead atoms. The van der Waals surface area contributed by atoms with Gasteiger partial charge in [-0.05, 0) is 44.2 Å². The summed E-state index contributed by atoms with van der Waals surface area (Å²) in [5.74, 6) is -0.145. The van der Waals surface area contributed by atoms with Crippen LogP contribution < -0.4 is 15.5 Å². The van der Waals surface area contributed by atoms with E-state index < -0.39 is 0 Å². The van der Waals surface area contributed by atoms with E-state index >= 15 is 0 Å². The summed E-state index contributed by atoms with van der Waals surface area (Å²) in [6.45, 7) is 3.69. The molecule has 1 aromatic rings. The van der Waals surface area contributed by atoms with Crippen molar-refractivity contribution in [3.05, 3.63) is 24.3 Å². The molecule has 1 saturated carbocycles. The van der Waals surface area contributed by atoms with Gasteiger partial charge in [-0.1, -0.05) is 0 Å². The molecule has 136 valence electrons. The maximum atomic E-state index is 12.1. The Hall–Kier alpha value is -2.12. The SMILES string of the molecule is CN(CC(=O)Nc1ccc(N2CCOCC2)cc1)CC(=O)NC1CC1. The molecule has 2 amide bonds. The molecule has 0 unspecified atom stereocenters. The highest BCUT2D eigenvalue weighted by Gasteiger charge is 2.23. The van der Waals surface area contributed by atoms with Crippen molar-refractivity contribution in [2.24, 2.45) is 0 Å². The van der Waals surface area contributed by atoms with E-state index in [-0.39, 0.29) is 24.9 Å². The Morgan fingerprint density at radius 3 is 2.40 bits per heavy atom. The first-order valence-corrected chi connectivity index (χ1v) is 8.80. The van der Waals surface area contributed by atoms with Crippen LogP contribution in [-0.4, -0.2) is 69.2 Å². The van der Waals surface area contributed by atoms with Gasteiger partial charge in [0.15, 0.2) is 0 Å². The first-order valence-electron chi connectivity index (χ1n) is 8.80. The first-order chi connectivity index (χ1) is 12.1. The van der Waals surface area contributed by atoms with E-state index in [1.807, 2.05) is 24.3 Å². The van der Waals surface area contributed by atoms with Gasteiger partial charge in [0.2, 0.25) is 11.8 Å². The highest BCUT2D eigenvalue weighted by atomic mass is 16.5. The smallest absolute Gasteiger partial charge is 0.238 e. The Morgan fingerprint density at radius 1 is 1.12 bits per heavy atom. The monoisotopic (exact) mass is 346 g/mol. The van der Waals surface area contributed by atoms with Gasteiger partial charge in [0, 0.05) is 30.5 Å². The summed E-state index contributed by atoms with van der Waals surface area (Å²) in [6, 6.07) is 8.17. The Labute approximate surface area is 148 Å². The average molecular weight is 346 g/mol. The quantitative estimate of drug-likeness (QED) is 0.759. The lowest BCUT2D eigenvalue weighted by Gasteiger charge is -2.28. The molecule has 7 nitrogen and oxygen atoms in total. The second-order valence-electron chi connectivity index (χ2n) is 6.71. The summed E-state index contributed by atoms with van der Waals surface area (Å²) in [4.78, 5) is 27.8. The second kappa shape index (κ2) is 8.31. The number of ether oxygens (including phenoxy) is 1. The minimum absolute atomic E-state index is 0.0207. The lowest BCUT2D eigenvalue weighted by Crippen LogP contribution is -2.39. The molecule has 1 aliphatic heterocycles. The number of anilines is 2. The van der Waals surface area contributed by atoms with Crippen molar-refractivity contribution in [3.8, 4) is 0 Å².